The van der Waals surface area contributed by atoms with Crippen molar-refractivity contribution < 1.29 is 24.1 Å². The number of nitrogens with one attached hydrogen (secondary N) is 1. The normalized spacial score (nSPS) is 19.0. The largest absolute Gasteiger partial charge is 0.469 e. The van der Waals surface area contributed by atoms with E-state index in [4.69, 9.17) is 4.74 Å². The highest BCUT2D eigenvalue weighted by molar-refractivity contribution is 6.45. The highest BCUT2D eigenvalue weighted by Crippen LogP contribution is 2.36. The van der Waals surface area contributed by atoms with Crippen LogP contribution in [0.2, 0.25) is 6.82 Å². The highest BCUT2D eigenvalue weighted by atomic mass is 16.5. The molecule has 0 bridgehead atoms. The van der Waals surface area contributed by atoms with E-state index < -0.39 is 7.05 Å². The van der Waals surface area contributed by atoms with Crippen molar-refractivity contribution in [3.05, 3.63) is 70.8 Å². The lowest BCUT2D eigenvalue weighted by Gasteiger charge is -2.24. The van der Waals surface area contributed by atoms with Crippen molar-refractivity contribution in [2.24, 2.45) is 0 Å². The van der Waals surface area contributed by atoms with E-state index in [2.05, 4.69) is 22.2 Å². The molecule has 2 aromatic rings. The van der Waals surface area contributed by atoms with Crippen LogP contribution >= 0.6 is 0 Å². The third-order valence-electron chi connectivity index (χ3n) is 5.80. The number of nitrogens with zero attached hydrogens (tertiary/aromatic N) is 1. The molecule has 0 saturated carbocycles. The Balaban J connectivity index is 0.000000179. The van der Waals surface area contributed by atoms with E-state index in [0.29, 0.717) is 13.0 Å². The molecule has 2 atom stereocenters. The molecule has 0 radical (unpaired) electrons. The molecule has 0 saturated heterocycles. The first-order chi connectivity index (χ1) is 14.9. The molecule has 4 rings (SSSR count). The van der Waals surface area contributed by atoms with Gasteiger partial charge in [0.2, 0.25) is 0 Å². The Bertz CT molecular complexity index is 920. The first-order valence-corrected chi connectivity index (χ1v) is 10.4. The van der Waals surface area contributed by atoms with Gasteiger partial charge in [0.15, 0.2) is 0 Å². The third-order valence-corrected chi connectivity index (χ3v) is 5.80. The van der Waals surface area contributed by atoms with Gasteiger partial charge >= 0.3 is 19.0 Å². The summed E-state index contributed by atoms with van der Waals surface area (Å²) in [5.74, 6) is -0.420. The van der Waals surface area contributed by atoms with Crippen LogP contribution in [0.3, 0.4) is 0 Å². The quantitative estimate of drug-likeness (QED) is 0.564. The Morgan fingerprint density at radius 1 is 1.00 bits per heavy atom. The fourth-order valence-corrected chi connectivity index (χ4v) is 4.16. The van der Waals surface area contributed by atoms with Gasteiger partial charge in [-0.15, -0.1) is 0 Å². The lowest BCUT2D eigenvalue weighted by Crippen LogP contribution is -2.36. The Kier molecular flexibility index (Phi) is 7.84. The zero-order chi connectivity index (χ0) is 22.4. The predicted octanol–water partition coefficient (Wildman–Crippen LogP) is 2.61. The molecular formula is C23H29BN2O5. The molecule has 0 spiro atoms. The maximum Gasteiger partial charge on any atom is 0.377 e. The summed E-state index contributed by atoms with van der Waals surface area (Å²) >= 11 is 0. The number of esters is 2. The molecule has 0 fully saturated rings. The van der Waals surface area contributed by atoms with Gasteiger partial charge in [0.1, 0.15) is 0 Å². The SMILES string of the molecule is COC(=O)CC1NCc2ccccc21.COC(=O)CC1c2ccccc2CN1B(C)O. The number of rotatable bonds is 5. The van der Waals surface area contributed by atoms with E-state index >= 15 is 0 Å². The molecule has 2 N–H and O–H groups in total. The second-order valence-corrected chi connectivity index (χ2v) is 7.71. The zero-order valence-corrected chi connectivity index (χ0v) is 18.2. The van der Waals surface area contributed by atoms with Crippen molar-refractivity contribution >= 4 is 19.0 Å². The zero-order valence-electron chi connectivity index (χ0n) is 18.2. The Morgan fingerprint density at radius 3 is 2.23 bits per heavy atom. The Hall–Kier alpha value is -2.68. The molecule has 2 heterocycles. The number of benzene rings is 2. The number of methoxy groups -OCH3 is 2. The van der Waals surface area contributed by atoms with Crippen molar-refractivity contribution in [1.29, 1.82) is 0 Å². The first kappa shape index (κ1) is 23.0. The van der Waals surface area contributed by atoms with Gasteiger partial charge in [0.25, 0.3) is 0 Å². The van der Waals surface area contributed by atoms with Crippen LogP contribution < -0.4 is 5.32 Å². The van der Waals surface area contributed by atoms with Crippen LogP contribution in [0, 0.1) is 0 Å². The van der Waals surface area contributed by atoms with Crippen molar-refractivity contribution in [2.45, 2.75) is 44.8 Å². The molecule has 2 aromatic carbocycles. The summed E-state index contributed by atoms with van der Waals surface area (Å²) in [6.07, 6.45) is 0.686. The van der Waals surface area contributed by atoms with E-state index in [1.807, 2.05) is 41.2 Å². The highest BCUT2D eigenvalue weighted by Gasteiger charge is 2.35. The summed E-state index contributed by atoms with van der Waals surface area (Å²) in [6, 6.07) is 16.2. The van der Waals surface area contributed by atoms with Gasteiger partial charge in [-0.25, -0.2) is 0 Å². The monoisotopic (exact) mass is 424 g/mol. The maximum atomic E-state index is 11.4. The van der Waals surface area contributed by atoms with Gasteiger partial charge in [0.05, 0.1) is 27.1 Å². The first-order valence-electron chi connectivity index (χ1n) is 10.4. The second-order valence-electron chi connectivity index (χ2n) is 7.71. The Morgan fingerprint density at radius 2 is 1.58 bits per heavy atom. The summed E-state index contributed by atoms with van der Waals surface area (Å²) in [5, 5.41) is 13.0. The predicted molar refractivity (Wildman–Crippen MR) is 118 cm³/mol. The molecule has 164 valence electrons. The molecule has 7 nitrogen and oxygen atoms in total. The molecule has 8 heteroatoms. The molecule has 31 heavy (non-hydrogen) atoms. The van der Waals surface area contributed by atoms with Crippen molar-refractivity contribution in [1.82, 2.24) is 10.1 Å². The topological polar surface area (TPSA) is 88.1 Å². The summed E-state index contributed by atoms with van der Waals surface area (Å²) in [7, 11) is 2.23. The number of carbonyl (C=O) groups is 2. The van der Waals surface area contributed by atoms with E-state index in [0.717, 1.165) is 12.1 Å². The molecule has 2 unspecified atom stereocenters. The van der Waals surface area contributed by atoms with Crippen LogP contribution in [0.5, 0.6) is 0 Å². The fraction of sp³-hybridized carbons (Fsp3) is 0.391. The smallest absolute Gasteiger partial charge is 0.377 e. The number of hydrogen-bond acceptors (Lipinski definition) is 7. The van der Waals surface area contributed by atoms with Crippen molar-refractivity contribution in [3.8, 4) is 0 Å². The van der Waals surface area contributed by atoms with Gasteiger partial charge in [-0.3, -0.25) is 9.59 Å². The van der Waals surface area contributed by atoms with Crippen molar-refractivity contribution in [3.63, 3.8) is 0 Å². The lowest BCUT2D eigenvalue weighted by molar-refractivity contribution is -0.142. The maximum absolute atomic E-state index is 11.4. The lowest BCUT2D eigenvalue weighted by atomic mass is 9.83. The van der Waals surface area contributed by atoms with E-state index in [-0.39, 0.29) is 30.4 Å². The molecule has 0 amide bonds. The molecule has 2 aliphatic rings. The minimum Gasteiger partial charge on any atom is -0.469 e. The summed E-state index contributed by atoms with van der Waals surface area (Å²) < 4.78 is 9.36. The minimum atomic E-state index is -0.572. The standard InChI is InChI=1S/C12H16BNO3.C11H13NO2/c1-13(16)14-8-9-5-3-4-6-10(9)11(14)7-12(15)17-2;1-14-11(13)6-10-9-5-3-2-4-8(9)7-12-10/h3-6,11,16H,7-8H2,1-2H3;2-5,10,12H,6-7H2,1H3. The van der Waals surface area contributed by atoms with Gasteiger partial charge in [0, 0.05) is 25.2 Å². The van der Waals surface area contributed by atoms with Crippen LogP contribution in [-0.4, -0.2) is 43.0 Å². The minimum absolute atomic E-state index is 0.0846. The summed E-state index contributed by atoms with van der Waals surface area (Å²) in [5.41, 5.74) is 4.78. The van der Waals surface area contributed by atoms with E-state index in [9.17, 15) is 14.6 Å². The third kappa shape index (κ3) is 5.52. The number of ether oxygens (including phenoxy) is 2. The van der Waals surface area contributed by atoms with Gasteiger partial charge in [-0.1, -0.05) is 48.5 Å². The second kappa shape index (κ2) is 10.6. The van der Waals surface area contributed by atoms with Crippen LogP contribution in [0.4, 0.5) is 0 Å². The fourth-order valence-electron chi connectivity index (χ4n) is 4.16. The number of fused-ring (bicyclic) bond motifs is 2. The number of hydrogen-bond donors (Lipinski definition) is 2. The van der Waals surface area contributed by atoms with Gasteiger partial charge < -0.3 is 24.6 Å². The molecular weight excluding hydrogens is 395 g/mol. The van der Waals surface area contributed by atoms with E-state index in [1.54, 1.807) is 6.82 Å². The molecule has 2 aliphatic heterocycles. The van der Waals surface area contributed by atoms with Crippen LogP contribution in [0.15, 0.2) is 48.5 Å². The molecule has 0 aliphatic carbocycles. The van der Waals surface area contributed by atoms with Crippen LogP contribution in [-0.2, 0) is 32.2 Å². The van der Waals surface area contributed by atoms with Gasteiger partial charge in [-0.2, -0.15) is 0 Å². The number of carbonyl (C=O) groups excluding carboxylic acids is 2. The Labute approximate surface area is 183 Å². The van der Waals surface area contributed by atoms with Crippen LogP contribution in [0.1, 0.15) is 47.2 Å². The van der Waals surface area contributed by atoms with Crippen molar-refractivity contribution in [2.75, 3.05) is 14.2 Å². The van der Waals surface area contributed by atoms with Gasteiger partial charge in [-0.05, 0) is 29.1 Å². The molecule has 0 aromatic heterocycles. The summed E-state index contributed by atoms with van der Waals surface area (Å²) in [4.78, 5) is 24.4. The van der Waals surface area contributed by atoms with Crippen LogP contribution in [0.25, 0.3) is 0 Å². The average Bonchev–Trinajstić information content (AvgIpc) is 3.36. The average molecular weight is 424 g/mol. The van der Waals surface area contributed by atoms with E-state index in [1.165, 1.54) is 30.9 Å². The summed E-state index contributed by atoms with van der Waals surface area (Å²) in [6.45, 7) is 3.24.